The number of benzene rings is 2. The minimum Gasteiger partial charge on any atom is -0.485 e. The largest absolute Gasteiger partial charge is 0.485 e. The van der Waals surface area contributed by atoms with Crippen LogP contribution in [0.15, 0.2) is 52.4 Å². The van der Waals surface area contributed by atoms with E-state index in [1.54, 1.807) is 12.1 Å². The normalized spacial score (nSPS) is 32.0. The molecule has 1 N–H and O–H groups in total. The fourth-order valence-electron chi connectivity index (χ4n) is 6.94. The number of carbonyl (C=O) groups is 1. The third kappa shape index (κ3) is 4.19. The molecular weight excluding hydrogens is 571 g/mol. The van der Waals surface area contributed by atoms with Gasteiger partial charge in [-0.1, -0.05) is 35.5 Å². The Morgan fingerprint density at radius 2 is 2.10 bits per heavy atom. The molecule has 6 aliphatic rings. The molecule has 0 spiro atoms. The number of carboxylic acids is 1. The third-order valence-corrected chi connectivity index (χ3v) is 10.4. The van der Waals surface area contributed by atoms with E-state index >= 15 is 0 Å². The topological polar surface area (TPSA) is 87.1 Å². The van der Waals surface area contributed by atoms with E-state index < -0.39 is 17.9 Å². The van der Waals surface area contributed by atoms with Gasteiger partial charge >= 0.3 is 5.97 Å². The zero-order valence-corrected chi connectivity index (χ0v) is 23.6. The number of amidine groups is 1. The van der Waals surface area contributed by atoms with Gasteiger partial charge in [0.15, 0.2) is 17.6 Å². The summed E-state index contributed by atoms with van der Waals surface area (Å²) in [5.74, 6) is 0.971. The summed E-state index contributed by atoms with van der Waals surface area (Å²) in [7, 11) is 0. The van der Waals surface area contributed by atoms with Crippen LogP contribution < -0.4 is 14.4 Å². The molecule has 41 heavy (non-hydrogen) atoms. The van der Waals surface area contributed by atoms with Crippen LogP contribution in [0.5, 0.6) is 11.5 Å². The summed E-state index contributed by atoms with van der Waals surface area (Å²) in [6.07, 6.45) is 2.29. The number of anilines is 1. The predicted molar refractivity (Wildman–Crippen MR) is 153 cm³/mol. The molecule has 0 bridgehead atoms. The summed E-state index contributed by atoms with van der Waals surface area (Å²) < 4.78 is 33.4. The molecule has 0 aromatic heterocycles. The van der Waals surface area contributed by atoms with Gasteiger partial charge in [0.25, 0.3) is 0 Å². The van der Waals surface area contributed by atoms with Gasteiger partial charge < -0.3 is 29.1 Å². The summed E-state index contributed by atoms with van der Waals surface area (Å²) in [5.41, 5.74) is 1.32. The summed E-state index contributed by atoms with van der Waals surface area (Å²) >= 11 is 7.32. The number of nitrogens with zero attached hydrogens (tertiary/aromatic N) is 4. The smallest absolute Gasteiger partial charge is 0.341 e. The van der Waals surface area contributed by atoms with Gasteiger partial charge in [0.1, 0.15) is 23.6 Å². The molecule has 3 fully saturated rings. The van der Waals surface area contributed by atoms with E-state index in [0.29, 0.717) is 27.0 Å². The van der Waals surface area contributed by atoms with Crippen molar-refractivity contribution in [3.8, 4) is 11.5 Å². The average Bonchev–Trinajstić information content (AvgIpc) is 3.49. The Bertz CT molecular complexity index is 1490. The van der Waals surface area contributed by atoms with Gasteiger partial charge in [-0.15, -0.1) is 0 Å². The number of para-hydroxylation sites is 1. The standard InChI is InChI=1S/C29H28ClFN4O5S/c30-15-4-5-16(17(31)10-15)23-14-39-22-3-1-2-18(27(22)40-23)33-7-8-34-13-25-32-28-19(11-24(41-28)29(36)37)35(25)26(20(34)12-33)21-6-9-38-21/h1-5,10-11,19-21,23,26,28H,6-9,12-14H2,(H,36,37). The van der Waals surface area contributed by atoms with Crippen LogP contribution in [-0.2, 0) is 9.53 Å². The van der Waals surface area contributed by atoms with Crippen molar-refractivity contribution in [2.45, 2.75) is 42.1 Å². The molecule has 6 aliphatic heterocycles. The number of hydrogen-bond acceptors (Lipinski definition) is 9. The molecule has 0 radical (unpaired) electrons. The highest BCUT2D eigenvalue weighted by atomic mass is 35.5. The van der Waals surface area contributed by atoms with E-state index in [1.807, 2.05) is 24.3 Å². The Morgan fingerprint density at radius 3 is 2.88 bits per heavy atom. The van der Waals surface area contributed by atoms with Crippen LogP contribution in [-0.4, -0.2) is 95.7 Å². The van der Waals surface area contributed by atoms with E-state index in [4.69, 9.17) is 30.8 Å². The third-order valence-electron chi connectivity index (χ3n) is 8.94. The lowest BCUT2D eigenvalue weighted by atomic mass is 9.88. The molecule has 0 amide bonds. The summed E-state index contributed by atoms with van der Waals surface area (Å²) in [5, 5.41) is 9.82. The van der Waals surface area contributed by atoms with Crippen LogP contribution in [0.25, 0.3) is 0 Å². The molecule has 2 aromatic rings. The summed E-state index contributed by atoms with van der Waals surface area (Å²) in [4.78, 5) is 24.2. The van der Waals surface area contributed by atoms with Crippen molar-refractivity contribution >= 4 is 40.9 Å². The summed E-state index contributed by atoms with van der Waals surface area (Å²) in [6, 6.07) is 10.6. The van der Waals surface area contributed by atoms with Gasteiger partial charge in [-0.2, -0.15) is 0 Å². The molecule has 0 aliphatic carbocycles. The summed E-state index contributed by atoms with van der Waals surface area (Å²) in [6.45, 7) is 4.02. The number of ether oxygens (including phenoxy) is 3. The first-order valence-electron chi connectivity index (χ1n) is 13.9. The predicted octanol–water partition coefficient (Wildman–Crippen LogP) is 3.78. The Balaban J connectivity index is 1.09. The van der Waals surface area contributed by atoms with Crippen molar-refractivity contribution in [2.75, 3.05) is 44.3 Å². The lowest BCUT2D eigenvalue weighted by molar-refractivity contribution is -0.131. The number of hydrogen-bond donors (Lipinski definition) is 1. The molecular formula is C29H28ClFN4O5S. The Kier molecular flexibility index (Phi) is 6.14. The highest BCUT2D eigenvalue weighted by Gasteiger charge is 2.54. The minimum atomic E-state index is -0.895. The van der Waals surface area contributed by atoms with Crippen LogP contribution in [0.1, 0.15) is 18.1 Å². The van der Waals surface area contributed by atoms with Crippen LogP contribution in [0.4, 0.5) is 10.1 Å². The number of piperazine rings is 2. The molecule has 3 saturated heterocycles. The molecule has 6 unspecified atom stereocenters. The SMILES string of the molecule is O=C(O)C1=CC2C(N=C3CN4CCN(c5cccc6c5OC(c5ccc(Cl)cc5F)CO6)CC4C(C4CCO4)N32)S1. The maximum absolute atomic E-state index is 14.8. The second-order valence-electron chi connectivity index (χ2n) is 11.1. The lowest BCUT2D eigenvalue weighted by Crippen LogP contribution is -2.72. The second-order valence-corrected chi connectivity index (χ2v) is 12.7. The fraction of sp³-hybridized carbons (Fsp3) is 0.448. The van der Waals surface area contributed by atoms with Gasteiger partial charge in [0.05, 0.1) is 41.4 Å². The number of carboxylic acid groups (broad SMARTS) is 1. The molecule has 6 heterocycles. The highest BCUT2D eigenvalue weighted by molar-refractivity contribution is 8.04. The van der Waals surface area contributed by atoms with E-state index in [0.717, 1.165) is 50.7 Å². The van der Waals surface area contributed by atoms with Crippen molar-refractivity contribution in [1.29, 1.82) is 0 Å². The lowest BCUT2D eigenvalue weighted by Gasteiger charge is -2.56. The number of thioether (sulfide) groups is 1. The van der Waals surface area contributed by atoms with E-state index in [1.165, 1.54) is 17.8 Å². The van der Waals surface area contributed by atoms with Crippen molar-refractivity contribution in [1.82, 2.24) is 9.80 Å². The number of halogens is 2. The first-order chi connectivity index (χ1) is 19.9. The fourth-order valence-corrected chi connectivity index (χ4v) is 8.21. The van der Waals surface area contributed by atoms with Crippen LogP contribution >= 0.6 is 23.4 Å². The van der Waals surface area contributed by atoms with Crippen molar-refractivity contribution < 1.29 is 28.5 Å². The van der Waals surface area contributed by atoms with Crippen LogP contribution in [0.2, 0.25) is 5.02 Å². The van der Waals surface area contributed by atoms with Gasteiger partial charge in [0, 0.05) is 36.8 Å². The number of aliphatic imine (C=N–C) groups is 1. The van der Waals surface area contributed by atoms with Crippen LogP contribution in [0.3, 0.4) is 0 Å². The molecule has 12 heteroatoms. The highest BCUT2D eigenvalue weighted by Crippen LogP contribution is 2.47. The van der Waals surface area contributed by atoms with Crippen molar-refractivity contribution in [2.24, 2.45) is 4.99 Å². The maximum atomic E-state index is 14.8. The van der Waals surface area contributed by atoms with E-state index in [-0.39, 0.29) is 36.2 Å². The first kappa shape index (κ1) is 25.7. The second kappa shape index (κ2) is 9.79. The maximum Gasteiger partial charge on any atom is 0.341 e. The van der Waals surface area contributed by atoms with Gasteiger partial charge in [-0.3, -0.25) is 9.89 Å². The molecule has 0 saturated carbocycles. The first-order valence-corrected chi connectivity index (χ1v) is 15.1. The zero-order valence-electron chi connectivity index (χ0n) is 22.0. The van der Waals surface area contributed by atoms with Gasteiger partial charge in [0.2, 0.25) is 0 Å². The Labute approximate surface area is 245 Å². The number of rotatable bonds is 4. The van der Waals surface area contributed by atoms with Crippen molar-refractivity contribution in [3.63, 3.8) is 0 Å². The molecule has 6 atom stereocenters. The Hall–Kier alpha value is -2.99. The molecule has 214 valence electrons. The number of fused-ring (bicyclic) bond motifs is 5. The van der Waals surface area contributed by atoms with Crippen molar-refractivity contribution in [3.05, 3.63) is 63.8 Å². The molecule has 9 nitrogen and oxygen atoms in total. The van der Waals surface area contributed by atoms with Gasteiger partial charge in [-0.05, 0) is 36.8 Å². The van der Waals surface area contributed by atoms with E-state index in [2.05, 4.69) is 14.7 Å². The van der Waals surface area contributed by atoms with Crippen LogP contribution in [0, 0.1) is 5.82 Å². The average molecular weight is 599 g/mol. The minimum absolute atomic E-state index is 0.0478. The molecule has 2 aromatic carbocycles. The van der Waals surface area contributed by atoms with E-state index in [9.17, 15) is 14.3 Å². The van der Waals surface area contributed by atoms with Gasteiger partial charge in [-0.25, -0.2) is 9.18 Å². The quantitative estimate of drug-likeness (QED) is 0.565. The molecule has 8 rings (SSSR count). The number of aliphatic carboxylic acids is 1. The zero-order chi connectivity index (χ0) is 27.8. The Morgan fingerprint density at radius 1 is 1.22 bits per heavy atom. The monoisotopic (exact) mass is 598 g/mol.